The zero-order chi connectivity index (χ0) is 13.1. The Hall–Kier alpha value is -1.33. The first-order valence-electron chi connectivity index (χ1n) is 7.57. The van der Waals surface area contributed by atoms with Crippen LogP contribution in [0.4, 0.5) is 0 Å². The average molecular weight is 254 g/mol. The Morgan fingerprint density at radius 1 is 1.16 bits per heavy atom. The summed E-state index contributed by atoms with van der Waals surface area (Å²) < 4.78 is 0. The van der Waals surface area contributed by atoms with Crippen LogP contribution in [0.5, 0.6) is 0 Å². The summed E-state index contributed by atoms with van der Waals surface area (Å²) in [6.07, 6.45) is 8.47. The lowest BCUT2D eigenvalue weighted by Gasteiger charge is -2.30. The van der Waals surface area contributed by atoms with Gasteiger partial charge in [0.05, 0.1) is 11.6 Å². The van der Waals surface area contributed by atoms with Gasteiger partial charge in [0.25, 0.3) is 0 Å². The summed E-state index contributed by atoms with van der Waals surface area (Å²) in [6, 6.07) is 10.8. The number of nitriles is 1. The van der Waals surface area contributed by atoms with Gasteiger partial charge in [-0.05, 0) is 55.2 Å². The minimum atomic E-state index is 0.685. The molecule has 0 aliphatic heterocycles. The molecule has 2 nitrogen and oxygen atoms in total. The molecule has 2 saturated carbocycles. The van der Waals surface area contributed by atoms with Crippen molar-refractivity contribution in [2.45, 2.75) is 51.1 Å². The third-order valence-electron chi connectivity index (χ3n) is 4.65. The summed E-state index contributed by atoms with van der Waals surface area (Å²) in [6.45, 7) is 0.900. The minimum absolute atomic E-state index is 0.685. The van der Waals surface area contributed by atoms with Gasteiger partial charge in [0.2, 0.25) is 0 Å². The predicted molar refractivity (Wildman–Crippen MR) is 76.5 cm³/mol. The van der Waals surface area contributed by atoms with E-state index in [4.69, 9.17) is 5.26 Å². The van der Waals surface area contributed by atoms with Crippen molar-refractivity contribution in [2.75, 3.05) is 0 Å². The van der Waals surface area contributed by atoms with Crippen LogP contribution < -0.4 is 5.32 Å². The Kier molecular flexibility index (Phi) is 3.84. The third kappa shape index (κ3) is 3.36. The molecule has 3 rings (SSSR count). The number of hydrogen-bond acceptors (Lipinski definition) is 2. The molecule has 0 amide bonds. The van der Waals surface area contributed by atoms with E-state index in [2.05, 4.69) is 17.5 Å². The molecule has 2 aliphatic rings. The van der Waals surface area contributed by atoms with E-state index in [1.54, 1.807) is 0 Å². The van der Waals surface area contributed by atoms with Crippen LogP contribution in [0.2, 0.25) is 0 Å². The summed E-state index contributed by atoms with van der Waals surface area (Å²) in [4.78, 5) is 0. The maximum Gasteiger partial charge on any atom is 0.0991 e. The molecule has 2 aliphatic carbocycles. The van der Waals surface area contributed by atoms with Gasteiger partial charge >= 0.3 is 0 Å². The van der Waals surface area contributed by atoms with E-state index in [0.29, 0.717) is 6.04 Å². The fourth-order valence-corrected chi connectivity index (χ4v) is 3.42. The largest absolute Gasteiger partial charge is 0.310 e. The van der Waals surface area contributed by atoms with Crippen molar-refractivity contribution < 1.29 is 0 Å². The molecule has 2 heteroatoms. The second kappa shape index (κ2) is 5.75. The first-order chi connectivity index (χ1) is 9.35. The van der Waals surface area contributed by atoms with Crippen molar-refractivity contribution in [1.29, 1.82) is 5.26 Å². The summed E-state index contributed by atoms with van der Waals surface area (Å²) in [7, 11) is 0. The van der Waals surface area contributed by atoms with Crippen molar-refractivity contribution in [3.05, 3.63) is 35.4 Å². The van der Waals surface area contributed by atoms with Gasteiger partial charge in [0.15, 0.2) is 0 Å². The van der Waals surface area contributed by atoms with Crippen LogP contribution in [-0.2, 0) is 6.54 Å². The fraction of sp³-hybridized carbons (Fsp3) is 0.588. The Bertz CT molecular complexity index is 470. The van der Waals surface area contributed by atoms with Crippen molar-refractivity contribution in [3.63, 3.8) is 0 Å². The lowest BCUT2D eigenvalue weighted by atomic mass is 9.82. The molecular formula is C17H22N2. The van der Waals surface area contributed by atoms with Gasteiger partial charge in [0, 0.05) is 12.6 Å². The molecule has 100 valence electrons. The van der Waals surface area contributed by atoms with Gasteiger partial charge in [-0.1, -0.05) is 25.0 Å². The third-order valence-corrected chi connectivity index (χ3v) is 4.65. The molecule has 19 heavy (non-hydrogen) atoms. The summed E-state index contributed by atoms with van der Waals surface area (Å²) in [5, 5.41) is 12.6. The van der Waals surface area contributed by atoms with Crippen molar-refractivity contribution in [3.8, 4) is 6.07 Å². The number of nitrogens with one attached hydrogen (secondary N) is 1. The lowest BCUT2D eigenvalue weighted by Crippen LogP contribution is -2.34. The molecule has 2 fully saturated rings. The van der Waals surface area contributed by atoms with Crippen LogP contribution in [0.3, 0.4) is 0 Å². The molecule has 1 N–H and O–H groups in total. The summed E-state index contributed by atoms with van der Waals surface area (Å²) in [5.41, 5.74) is 1.99. The molecule has 0 spiro atoms. The molecule has 0 bridgehead atoms. The molecule has 1 aromatic carbocycles. The molecule has 0 heterocycles. The number of benzene rings is 1. The van der Waals surface area contributed by atoms with E-state index in [-0.39, 0.29) is 0 Å². The Morgan fingerprint density at radius 2 is 2.05 bits per heavy atom. The molecule has 0 aromatic heterocycles. The number of nitrogens with zero attached hydrogens (tertiary/aromatic N) is 1. The second-order valence-corrected chi connectivity index (χ2v) is 6.15. The van der Waals surface area contributed by atoms with Gasteiger partial charge in [-0.15, -0.1) is 0 Å². The van der Waals surface area contributed by atoms with Gasteiger partial charge in [-0.2, -0.15) is 5.26 Å². The smallest absolute Gasteiger partial charge is 0.0991 e. The predicted octanol–water partition coefficient (Wildman–Crippen LogP) is 3.62. The molecule has 2 unspecified atom stereocenters. The standard InChI is InChI=1S/C17H22N2/c18-11-13-3-1-4-14(9-13)12-19-17-6-2-5-16(10-17)15-7-8-15/h1,3-4,9,15-17,19H,2,5-8,10,12H2. The average Bonchev–Trinajstić information content (AvgIpc) is 3.30. The highest BCUT2D eigenvalue weighted by Gasteiger charge is 2.34. The van der Waals surface area contributed by atoms with Crippen molar-refractivity contribution in [1.82, 2.24) is 5.32 Å². The van der Waals surface area contributed by atoms with E-state index >= 15 is 0 Å². The Labute approximate surface area is 115 Å². The van der Waals surface area contributed by atoms with Gasteiger partial charge in [0.1, 0.15) is 0 Å². The summed E-state index contributed by atoms with van der Waals surface area (Å²) >= 11 is 0. The topological polar surface area (TPSA) is 35.8 Å². The molecule has 0 saturated heterocycles. The number of hydrogen-bond donors (Lipinski definition) is 1. The van der Waals surface area contributed by atoms with Crippen LogP contribution in [-0.4, -0.2) is 6.04 Å². The van der Waals surface area contributed by atoms with Gasteiger partial charge < -0.3 is 5.32 Å². The quantitative estimate of drug-likeness (QED) is 0.890. The van der Waals surface area contributed by atoms with Crippen LogP contribution in [0.25, 0.3) is 0 Å². The molecule has 2 atom stereocenters. The SMILES string of the molecule is N#Cc1cccc(CNC2CCCC(C3CC3)C2)c1. The maximum absolute atomic E-state index is 8.91. The van der Waals surface area contributed by atoms with E-state index in [1.165, 1.54) is 44.1 Å². The molecule has 0 radical (unpaired) electrons. The van der Waals surface area contributed by atoms with E-state index in [0.717, 1.165) is 23.9 Å². The highest BCUT2D eigenvalue weighted by atomic mass is 14.9. The van der Waals surface area contributed by atoms with E-state index in [1.807, 2.05) is 18.2 Å². The molecule has 1 aromatic rings. The fourth-order valence-electron chi connectivity index (χ4n) is 3.42. The van der Waals surface area contributed by atoms with Crippen molar-refractivity contribution in [2.24, 2.45) is 11.8 Å². The maximum atomic E-state index is 8.91. The monoisotopic (exact) mass is 254 g/mol. The normalized spacial score (nSPS) is 26.9. The highest BCUT2D eigenvalue weighted by molar-refractivity contribution is 5.32. The zero-order valence-corrected chi connectivity index (χ0v) is 11.4. The second-order valence-electron chi connectivity index (χ2n) is 6.15. The summed E-state index contributed by atoms with van der Waals surface area (Å²) in [5.74, 6) is 2.03. The highest BCUT2D eigenvalue weighted by Crippen LogP contribution is 2.43. The van der Waals surface area contributed by atoms with E-state index < -0.39 is 0 Å². The van der Waals surface area contributed by atoms with Crippen LogP contribution in [0, 0.1) is 23.2 Å². The van der Waals surface area contributed by atoms with Crippen molar-refractivity contribution >= 4 is 0 Å². The van der Waals surface area contributed by atoms with Crippen LogP contribution in [0.15, 0.2) is 24.3 Å². The van der Waals surface area contributed by atoms with E-state index in [9.17, 15) is 0 Å². The first-order valence-corrected chi connectivity index (χ1v) is 7.57. The Morgan fingerprint density at radius 3 is 2.84 bits per heavy atom. The minimum Gasteiger partial charge on any atom is -0.310 e. The van der Waals surface area contributed by atoms with Crippen LogP contribution in [0.1, 0.15) is 49.7 Å². The van der Waals surface area contributed by atoms with Gasteiger partial charge in [-0.25, -0.2) is 0 Å². The first kappa shape index (κ1) is 12.7. The Balaban J connectivity index is 1.52. The number of rotatable bonds is 4. The van der Waals surface area contributed by atoms with Crippen LogP contribution >= 0.6 is 0 Å². The molecular weight excluding hydrogens is 232 g/mol. The van der Waals surface area contributed by atoms with Gasteiger partial charge in [-0.3, -0.25) is 0 Å². The lowest BCUT2D eigenvalue weighted by molar-refractivity contribution is 0.260. The zero-order valence-electron chi connectivity index (χ0n) is 11.4.